The van der Waals surface area contributed by atoms with Crippen LogP contribution >= 0.6 is 0 Å². The molecule has 0 N–H and O–H groups in total. The van der Waals surface area contributed by atoms with Gasteiger partial charge in [-0.3, -0.25) is 14.5 Å². The number of nitrogens with zero attached hydrogens (tertiary/aromatic N) is 6. The highest BCUT2D eigenvalue weighted by Gasteiger charge is 2.28. The quantitative estimate of drug-likeness (QED) is 0.620. The molecule has 1 aliphatic heterocycles. The van der Waals surface area contributed by atoms with Crippen molar-refractivity contribution in [3.63, 3.8) is 0 Å². The number of pyridine rings is 1. The van der Waals surface area contributed by atoms with Crippen LogP contribution < -0.4 is 4.90 Å². The molecule has 0 atom stereocenters. The van der Waals surface area contributed by atoms with Crippen LogP contribution in [0.15, 0.2) is 30.7 Å². The van der Waals surface area contributed by atoms with Crippen LogP contribution in [0, 0.1) is 10.1 Å². The van der Waals surface area contributed by atoms with E-state index < -0.39 is 4.92 Å². The van der Waals surface area contributed by atoms with Gasteiger partial charge in [-0.2, -0.15) is 0 Å². The van der Waals surface area contributed by atoms with E-state index in [2.05, 4.69) is 14.9 Å². The van der Waals surface area contributed by atoms with Crippen LogP contribution in [-0.2, 0) is 13.6 Å². The van der Waals surface area contributed by atoms with E-state index in [1.165, 1.54) is 6.33 Å². The molecule has 1 saturated heterocycles. The molecule has 0 bridgehead atoms. The van der Waals surface area contributed by atoms with Crippen LogP contribution in [0.5, 0.6) is 0 Å². The van der Waals surface area contributed by atoms with E-state index >= 15 is 0 Å². The Hall–Kier alpha value is -2.48. The van der Waals surface area contributed by atoms with Crippen molar-refractivity contribution in [1.82, 2.24) is 19.4 Å². The molecule has 0 saturated carbocycles. The Kier molecular flexibility index (Phi) is 4.01. The van der Waals surface area contributed by atoms with Crippen LogP contribution in [0.2, 0.25) is 0 Å². The molecular weight excluding hydrogens is 284 g/mol. The molecule has 0 spiro atoms. The van der Waals surface area contributed by atoms with E-state index in [9.17, 15) is 10.1 Å². The molecule has 3 heterocycles. The fourth-order valence-electron chi connectivity index (χ4n) is 2.74. The van der Waals surface area contributed by atoms with Gasteiger partial charge in [0.25, 0.3) is 0 Å². The molecule has 8 heteroatoms. The summed E-state index contributed by atoms with van der Waals surface area (Å²) in [5.41, 5.74) is 1.04. The number of piperazine rings is 1. The minimum atomic E-state index is -0.421. The fourth-order valence-corrected chi connectivity index (χ4v) is 2.74. The molecular formula is C14H18N6O2. The molecule has 8 nitrogen and oxygen atoms in total. The first-order chi connectivity index (χ1) is 10.6. The Bertz CT molecular complexity index is 649. The van der Waals surface area contributed by atoms with Gasteiger partial charge in [0, 0.05) is 46.0 Å². The Morgan fingerprint density at radius 1 is 1.23 bits per heavy atom. The summed E-state index contributed by atoms with van der Waals surface area (Å²) >= 11 is 0. The number of anilines is 1. The highest BCUT2D eigenvalue weighted by molar-refractivity contribution is 5.54. The first-order valence-electron chi connectivity index (χ1n) is 7.18. The Labute approximate surface area is 128 Å². The molecule has 0 radical (unpaired) electrons. The third-order valence-electron chi connectivity index (χ3n) is 3.84. The smallest absolute Gasteiger partial charge is 0.358 e. The first kappa shape index (κ1) is 14.5. The Morgan fingerprint density at radius 3 is 2.64 bits per heavy atom. The lowest BCUT2D eigenvalue weighted by Gasteiger charge is -2.35. The number of nitro groups is 1. The zero-order valence-corrected chi connectivity index (χ0v) is 12.4. The van der Waals surface area contributed by atoms with E-state index in [-0.39, 0.29) is 5.82 Å². The van der Waals surface area contributed by atoms with Gasteiger partial charge in [0.15, 0.2) is 0 Å². The van der Waals surface area contributed by atoms with E-state index in [1.807, 2.05) is 23.1 Å². The second-order valence-corrected chi connectivity index (χ2v) is 5.34. The lowest BCUT2D eigenvalue weighted by Crippen LogP contribution is -2.46. The van der Waals surface area contributed by atoms with Gasteiger partial charge < -0.3 is 15.0 Å². The van der Waals surface area contributed by atoms with Crippen LogP contribution in [0.4, 0.5) is 11.6 Å². The number of aromatic nitrogens is 3. The van der Waals surface area contributed by atoms with Gasteiger partial charge in [-0.1, -0.05) is 6.07 Å². The Morgan fingerprint density at radius 2 is 2.00 bits per heavy atom. The van der Waals surface area contributed by atoms with Crippen LogP contribution in [-0.4, -0.2) is 50.5 Å². The van der Waals surface area contributed by atoms with Crippen LogP contribution in [0.3, 0.4) is 0 Å². The second-order valence-electron chi connectivity index (χ2n) is 5.34. The lowest BCUT2D eigenvalue weighted by molar-refractivity contribution is -0.388. The second kappa shape index (κ2) is 6.10. The van der Waals surface area contributed by atoms with Gasteiger partial charge >= 0.3 is 5.82 Å². The van der Waals surface area contributed by atoms with Crippen molar-refractivity contribution in [2.75, 3.05) is 31.1 Å². The van der Waals surface area contributed by atoms with Crippen molar-refractivity contribution < 1.29 is 4.92 Å². The van der Waals surface area contributed by atoms with Gasteiger partial charge in [0.2, 0.25) is 12.1 Å². The number of imidazole rings is 1. The first-order valence-corrected chi connectivity index (χ1v) is 7.18. The average molecular weight is 302 g/mol. The summed E-state index contributed by atoms with van der Waals surface area (Å²) in [6.07, 6.45) is 3.29. The molecule has 0 aliphatic carbocycles. The average Bonchev–Trinajstić information content (AvgIpc) is 2.91. The molecule has 0 aromatic carbocycles. The van der Waals surface area contributed by atoms with Crippen molar-refractivity contribution in [3.05, 3.63) is 46.5 Å². The van der Waals surface area contributed by atoms with Gasteiger partial charge in [0.1, 0.15) is 0 Å². The third kappa shape index (κ3) is 2.91. The molecule has 1 aliphatic rings. The third-order valence-corrected chi connectivity index (χ3v) is 3.84. The highest BCUT2D eigenvalue weighted by Crippen LogP contribution is 2.26. The van der Waals surface area contributed by atoms with E-state index in [0.29, 0.717) is 5.82 Å². The molecule has 1 fully saturated rings. The molecule has 3 rings (SSSR count). The zero-order valence-electron chi connectivity index (χ0n) is 12.4. The maximum Gasteiger partial charge on any atom is 0.406 e. The van der Waals surface area contributed by atoms with Gasteiger partial charge in [-0.15, -0.1) is 0 Å². The largest absolute Gasteiger partial charge is 0.406 e. The standard InChI is InChI=1S/C14H18N6O2/c1-17-11-16-13(20(21)22)14(17)19-8-6-18(7-9-19)10-12-4-2-3-5-15-12/h2-5,11H,6-10H2,1H3. The predicted molar refractivity (Wildman–Crippen MR) is 81.6 cm³/mol. The summed E-state index contributed by atoms with van der Waals surface area (Å²) in [7, 11) is 1.79. The molecule has 2 aromatic rings. The van der Waals surface area contributed by atoms with E-state index in [0.717, 1.165) is 38.4 Å². The number of rotatable bonds is 4. The summed E-state index contributed by atoms with van der Waals surface area (Å²) in [5, 5.41) is 11.1. The molecule has 2 aromatic heterocycles. The van der Waals surface area contributed by atoms with Crippen molar-refractivity contribution in [2.24, 2.45) is 7.05 Å². The summed E-state index contributed by atoms with van der Waals surface area (Å²) in [6.45, 7) is 3.99. The van der Waals surface area contributed by atoms with Crippen molar-refractivity contribution in [1.29, 1.82) is 0 Å². The zero-order chi connectivity index (χ0) is 15.5. The normalized spacial score (nSPS) is 16.0. The van der Waals surface area contributed by atoms with Crippen LogP contribution in [0.25, 0.3) is 0 Å². The summed E-state index contributed by atoms with van der Waals surface area (Å²) in [6, 6.07) is 5.90. The maximum atomic E-state index is 11.1. The Balaban J connectivity index is 1.65. The lowest BCUT2D eigenvalue weighted by atomic mass is 10.2. The molecule has 0 amide bonds. The number of aryl methyl sites for hydroxylation is 1. The molecule has 22 heavy (non-hydrogen) atoms. The summed E-state index contributed by atoms with van der Waals surface area (Å²) in [5.74, 6) is 0.517. The topological polar surface area (TPSA) is 80.3 Å². The minimum Gasteiger partial charge on any atom is -0.358 e. The summed E-state index contributed by atoms with van der Waals surface area (Å²) < 4.78 is 1.71. The highest BCUT2D eigenvalue weighted by atomic mass is 16.6. The monoisotopic (exact) mass is 302 g/mol. The molecule has 116 valence electrons. The van der Waals surface area contributed by atoms with Crippen molar-refractivity contribution >= 4 is 11.6 Å². The van der Waals surface area contributed by atoms with Gasteiger partial charge in [-0.05, 0) is 22.0 Å². The van der Waals surface area contributed by atoms with E-state index in [1.54, 1.807) is 17.8 Å². The number of hydrogen-bond donors (Lipinski definition) is 0. The SMILES string of the molecule is Cn1cnc([N+](=O)[O-])c1N1CCN(Cc2ccccn2)CC1. The predicted octanol–water partition coefficient (Wildman–Crippen LogP) is 1.05. The molecule has 0 unspecified atom stereocenters. The minimum absolute atomic E-state index is 0.0688. The number of hydrogen-bond acceptors (Lipinski definition) is 6. The van der Waals surface area contributed by atoms with Crippen molar-refractivity contribution in [3.8, 4) is 0 Å². The fraction of sp³-hybridized carbons (Fsp3) is 0.429. The van der Waals surface area contributed by atoms with E-state index in [4.69, 9.17) is 0 Å². The summed E-state index contributed by atoms with van der Waals surface area (Å²) in [4.78, 5) is 23.2. The maximum absolute atomic E-state index is 11.1. The van der Waals surface area contributed by atoms with Crippen molar-refractivity contribution in [2.45, 2.75) is 6.54 Å². The van der Waals surface area contributed by atoms with Gasteiger partial charge in [-0.25, -0.2) is 0 Å². The van der Waals surface area contributed by atoms with Gasteiger partial charge in [0.05, 0.1) is 5.69 Å². The van der Waals surface area contributed by atoms with Crippen LogP contribution in [0.1, 0.15) is 5.69 Å².